The van der Waals surface area contributed by atoms with Crippen molar-refractivity contribution in [3.63, 3.8) is 0 Å². The molecule has 3 heteroatoms. The van der Waals surface area contributed by atoms with Crippen molar-refractivity contribution in [2.45, 2.75) is 26.8 Å². The second-order valence-electron chi connectivity index (χ2n) is 2.90. The van der Waals surface area contributed by atoms with E-state index in [9.17, 15) is 4.79 Å². The minimum atomic E-state index is -0.348. The van der Waals surface area contributed by atoms with Gasteiger partial charge in [0.2, 0.25) is 0 Å². The van der Waals surface area contributed by atoms with Gasteiger partial charge in [-0.1, -0.05) is 20.4 Å². The molecule has 76 valence electrons. The molecule has 0 spiro atoms. The summed E-state index contributed by atoms with van der Waals surface area (Å²) in [6.07, 6.45) is 1.19. The molecule has 0 bridgehead atoms. The van der Waals surface area contributed by atoms with Crippen LogP contribution >= 0.6 is 0 Å². The van der Waals surface area contributed by atoms with Gasteiger partial charge in [-0.3, -0.25) is 4.90 Å². The van der Waals surface area contributed by atoms with Crippen LogP contribution in [0.25, 0.3) is 0 Å². The Balaban J connectivity index is 3.77. The van der Waals surface area contributed by atoms with E-state index >= 15 is 0 Å². The molecule has 0 amide bonds. The smallest absolute Gasteiger partial charge is 0.330 e. The third-order valence-electron chi connectivity index (χ3n) is 2.07. The van der Waals surface area contributed by atoms with Gasteiger partial charge in [0.15, 0.2) is 0 Å². The molecule has 0 saturated heterocycles. The molecule has 1 atom stereocenters. The third-order valence-corrected chi connectivity index (χ3v) is 2.07. The molecule has 0 radical (unpaired) electrons. The minimum Gasteiger partial charge on any atom is -0.461 e. The molecule has 3 nitrogen and oxygen atoms in total. The minimum absolute atomic E-state index is 0.277. The summed E-state index contributed by atoms with van der Waals surface area (Å²) in [6.45, 7) is 12.0. The Morgan fingerprint density at radius 3 is 2.46 bits per heavy atom. The lowest BCUT2D eigenvalue weighted by Crippen LogP contribution is -2.36. The Labute approximate surface area is 80.4 Å². The van der Waals surface area contributed by atoms with Gasteiger partial charge in [-0.05, 0) is 20.0 Å². The summed E-state index contributed by atoms with van der Waals surface area (Å²) >= 11 is 0. The van der Waals surface area contributed by atoms with E-state index in [0.29, 0.717) is 6.61 Å². The second-order valence-corrected chi connectivity index (χ2v) is 2.90. The van der Waals surface area contributed by atoms with Crippen molar-refractivity contribution < 1.29 is 9.53 Å². The summed E-state index contributed by atoms with van der Waals surface area (Å²) in [7, 11) is 0. The first-order valence-corrected chi connectivity index (χ1v) is 4.68. The van der Waals surface area contributed by atoms with E-state index in [4.69, 9.17) is 4.74 Å². The summed E-state index contributed by atoms with van der Waals surface area (Å²) in [4.78, 5) is 13.0. The zero-order chi connectivity index (χ0) is 10.3. The van der Waals surface area contributed by atoms with Crippen molar-refractivity contribution in [1.29, 1.82) is 0 Å². The number of carbonyl (C=O) groups is 1. The van der Waals surface area contributed by atoms with Gasteiger partial charge >= 0.3 is 5.97 Å². The van der Waals surface area contributed by atoms with Crippen LogP contribution in [0.3, 0.4) is 0 Å². The number of carbonyl (C=O) groups excluding carboxylic acids is 1. The summed E-state index contributed by atoms with van der Waals surface area (Å²) < 4.78 is 4.94. The number of rotatable bonds is 6. The van der Waals surface area contributed by atoms with Gasteiger partial charge in [-0.15, -0.1) is 0 Å². The molecule has 0 fully saturated rings. The molecule has 13 heavy (non-hydrogen) atoms. The van der Waals surface area contributed by atoms with Gasteiger partial charge in [0.1, 0.15) is 6.61 Å². The molecule has 0 aliphatic heterocycles. The topological polar surface area (TPSA) is 29.5 Å². The fourth-order valence-electron chi connectivity index (χ4n) is 1.21. The standard InChI is InChI=1S/C10H19NO2/c1-5-10(12)13-8-9(4)11(6-2)7-3/h5,9H,1,6-8H2,2-4H3. The predicted molar refractivity (Wildman–Crippen MR) is 53.5 cm³/mol. The largest absolute Gasteiger partial charge is 0.461 e. The quantitative estimate of drug-likeness (QED) is 0.463. The monoisotopic (exact) mass is 185 g/mol. The molecule has 0 N–H and O–H groups in total. The van der Waals surface area contributed by atoms with Crippen molar-refractivity contribution in [2.75, 3.05) is 19.7 Å². The number of hydrogen-bond acceptors (Lipinski definition) is 3. The molecule has 0 saturated carbocycles. The number of nitrogens with zero attached hydrogens (tertiary/aromatic N) is 1. The Morgan fingerprint density at radius 2 is 2.08 bits per heavy atom. The highest BCUT2D eigenvalue weighted by atomic mass is 16.5. The zero-order valence-corrected chi connectivity index (χ0v) is 8.75. The first kappa shape index (κ1) is 12.2. The number of hydrogen-bond donors (Lipinski definition) is 0. The van der Waals surface area contributed by atoms with Crippen LogP contribution in [0.1, 0.15) is 20.8 Å². The first-order valence-electron chi connectivity index (χ1n) is 4.68. The van der Waals surface area contributed by atoms with Crippen LogP contribution in [0.5, 0.6) is 0 Å². The highest BCUT2D eigenvalue weighted by molar-refractivity contribution is 5.81. The van der Waals surface area contributed by atoms with Crippen LogP contribution in [-0.2, 0) is 9.53 Å². The van der Waals surface area contributed by atoms with E-state index < -0.39 is 0 Å². The van der Waals surface area contributed by atoms with Crippen LogP contribution < -0.4 is 0 Å². The summed E-state index contributed by atoms with van der Waals surface area (Å²) in [5.41, 5.74) is 0. The maximum atomic E-state index is 10.8. The molecule has 0 aromatic rings. The molecule has 0 aliphatic rings. The van der Waals surface area contributed by atoms with E-state index in [1.807, 2.05) is 6.92 Å². The van der Waals surface area contributed by atoms with Crippen molar-refractivity contribution in [1.82, 2.24) is 4.90 Å². The molecular weight excluding hydrogens is 166 g/mol. The maximum absolute atomic E-state index is 10.8. The van der Waals surface area contributed by atoms with Gasteiger partial charge in [-0.2, -0.15) is 0 Å². The first-order chi connectivity index (χ1) is 6.15. The predicted octanol–water partition coefficient (Wildman–Crippen LogP) is 1.45. The van der Waals surface area contributed by atoms with E-state index in [1.165, 1.54) is 6.08 Å². The van der Waals surface area contributed by atoms with E-state index in [-0.39, 0.29) is 12.0 Å². The van der Waals surface area contributed by atoms with Gasteiger partial charge in [0.05, 0.1) is 0 Å². The molecule has 0 aromatic heterocycles. The highest BCUT2D eigenvalue weighted by Gasteiger charge is 2.10. The lowest BCUT2D eigenvalue weighted by atomic mass is 10.3. The summed E-state index contributed by atoms with van der Waals surface area (Å²) in [5, 5.41) is 0. The lowest BCUT2D eigenvalue weighted by Gasteiger charge is -2.25. The Hall–Kier alpha value is -0.830. The molecule has 0 aromatic carbocycles. The number of esters is 1. The average molecular weight is 185 g/mol. The Kier molecular flexibility index (Phi) is 6.24. The fourth-order valence-corrected chi connectivity index (χ4v) is 1.21. The fraction of sp³-hybridized carbons (Fsp3) is 0.700. The molecular formula is C10H19NO2. The third kappa shape index (κ3) is 4.68. The van der Waals surface area contributed by atoms with E-state index in [0.717, 1.165) is 13.1 Å². The van der Waals surface area contributed by atoms with Crippen LogP contribution in [0.2, 0.25) is 0 Å². The Bertz CT molecular complexity index is 164. The van der Waals surface area contributed by atoms with Crippen molar-refractivity contribution in [2.24, 2.45) is 0 Å². The van der Waals surface area contributed by atoms with Crippen LogP contribution in [0.15, 0.2) is 12.7 Å². The van der Waals surface area contributed by atoms with Gasteiger partial charge < -0.3 is 4.74 Å². The van der Waals surface area contributed by atoms with Crippen LogP contribution in [0.4, 0.5) is 0 Å². The van der Waals surface area contributed by atoms with Gasteiger partial charge in [0, 0.05) is 12.1 Å². The SMILES string of the molecule is C=CC(=O)OCC(C)N(CC)CC. The normalized spacial score (nSPS) is 12.6. The molecule has 1 unspecified atom stereocenters. The van der Waals surface area contributed by atoms with Crippen LogP contribution in [-0.4, -0.2) is 36.6 Å². The highest BCUT2D eigenvalue weighted by Crippen LogP contribution is 1.98. The molecule has 0 rings (SSSR count). The number of likely N-dealkylation sites (N-methyl/N-ethyl adjacent to an activating group) is 1. The van der Waals surface area contributed by atoms with Crippen molar-refractivity contribution in [3.05, 3.63) is 12.7 Å². The van der Waals surface area contributed by atoms with Gasteiger partial charge in [-0.25, -0.2) is 4.79 Å². The number of ether oxygens (including phenoxy) is 1. The maximum Gasteiger partial charge on any atom is 0.330 e. The Morgan fingerprint density at radius 1 is 1.54 bits per heavy atom. The van der Waals surface area contributed by atoms with Crippen molar-refractivity contribution >= 4 is 5.97 Å². The summed E-state index contributed by atoms with van der Waals surface area (Å²) in [5.74, 6) is -0.348. The lowest BCUT2D eigenvalue weighted by molar-refractivity contribution is -0.139. The molecule has 0 aliphatic carbocycles. The second kappa shape index (κ2) is 6.66. The zero-order valence-electron chi connectivity index (χ0n) is 8.75. The molecule has 0 heterocycles. The van der Waals surface area contributed by atoms with Crippen molar-refractivity contribution in [3.8, 4) is 0 Å². The van der Waals surface area contributed by atoms with E-state index in [2.05, 4.69) is 25.3 Å². The van der Waals surface area contributed by atoms with Gasteiger partial charge in [0.25, 0.3) is 0 Å². The van der Waals surface area contributed by atoms with E-state index in [1.54, 1.807) is 0 Å². The van der Waals surface area contributed by atoms with Crippen LogP contribution in [0, 0.1) is 0 Å². The summed E-state index contributed by atoms with van der Waals surface area (Å²) in [6, 6.07) is 0.277. The average Bonchev–Trinajstić information content (AvgIpc) is 2.16.